The molecule has 1 heterocycles. The van der Waals surface area contributed by atoms with Crippen LogP contribution in [0.3, 0.4) is 0 Å². The van der Waals surface area contributed by atoms with Crippen molar-refractivity contribution in [2.45, 2.75) is 26.0 Å². The first-order valence-electron chi connectivity index (χ1n) is 6.76. The average molecular weight is 308 g/mol. The van der Waals surface area contributed by atoms with Crippen LogP contribution in [0.1, 0.15) is 35.5 Å². The Labute approximate surface area is 127 Å². The maximum absolute atomic E-state index is 11.9. The fraction of sp³-hybridized carbons (Fsp3) is 0.400. The molecule has 1 amide bonds. The second kappa shape index (κ2) is 7.11. The van der Waals surface area contributed by atoms with E-state index in [0.717, 1.165) is 26.6 Å². The molecule has 0 spiro atoms. The molecule has 0 bridgehead atoms. The summed E-state index contributed by atoms with van der Waals surface area (Å²) in [5.74, 6) is 7.78. The minimum atomic E-state index is -0.190. The van der Waals surface area contributed by atoms with E-state index in [1.165, 1.54) is 23.1 Å². The number of hydrogen-bond donors (Lipinski definition) is 2. The predicted octanol–water partition coefficient (Wildman–Crippen LogP) is 3.78. The van der Waals surface area contributed by atoms with Crippen LogP contribution >= 0.6 is 23.1 Å². The van der Waals surface area contributed by atoms with Crippen LogP contribution in [0.25, 0.3) is 10.1 Å². The summed E-state index contributed by atoms with van der Waals surface area (Å²) in [6.07, 6.45) is 1.19. The van der Waals surface area contributed by atoms with Crippen molar-refractivity contribution in [1.29, 1.82) is 0 Å². The zero-order chi connectivity index (χ0) is 14.5. The summed E-state index contributed by atoms with van der Waals surface area (Å²) in [6.45, 7) is 4.46. The number of thioether (sulfide) groups is 1. The number of nitrogens with two attached hydrogens (primary N) is 1. The number of carbonyl (C=O) groups excluding carboxylic acids is 1. The largest absolute Gasteiger partial charge is 0.289 e. The topological polar surface area (TPSA) is 55.1 Å². The first kappa shape index (κ1) is 15.4. The van der Waals surface area contributed by atoms with Crippen molar-refractivity contribution in [1.82, 2.24) is 5.43 Å². The average Bonchev–Trinajstić information content (AvgIpc) is 2.85. The van der Waals surface area contributed by atoms with E-state index in [4.69, 9.17) is 5.84 Å². The standard InChI is InChI=1S/C15H20N2OS2/c1-3-10(2)8-19-9-12-11-6-4-5-7-13(11)20-14(12)15(18)17-16/h4-7,10H,3,8-9,16H2,1-2H3,(H,17,18). The lowest BCUT2D eigenvalue weighted by molar-refractivity contribution is 0.0957. The highest BCUT2D eigenvalue weighted by molar-refractivity contribution is 7.98. The molecule has 3 nitrogen and oxygen atoms in total. The van der Waals surface area contributed by atoms with Gasteiger partial charge in [0.25, 0.3) is 5.91 Å². The van der Waals surface area contributed by atoms with Crippen LogP contribution in [0.2, 0.25) is 0 Å². The Morgan fingerprint density at radius 2 is 2.20 bits per heavy atom. The van der Waals surface area contributed by atoms with Gasteiger partial charge >= 0.3 is 0 Å². The Kier molecular flexibility index (Phi) is 5.46. The lowest BCUT2D eigenvalue weighted by Gasteiger charge is -2.08. The number of carbonyl (C=O) groups is 1. The van der Waals surface area contributed by atoms with Crippen molar-refractivity contribution in [3.05, 3.63) is 34.7 Å². The van der Waals surface area contributed by atoms with Crippen molar-refractivity contribution in [2.24, 2.45) is 11.8 Å². The molecule has 108 valence electrons. The fourth-order valence-electron chi connectivity index (χ4n) is 1.97. The van der Waals surface area contributed by atoms with Crippen LogP contribution in [0.15, 0.2) is 24.3 Å². The molecule has 5 heteroatoms. The van der Waals surface area contributed by atoms with Crippen LogP contribution in [0.5, 0.6) is 0 Å². The number of nitrogens with one attached hydrogen (secondary N) is 1. The van der Waals surface area contributed by atoms with Crippen LogP contribution in [0.4, 0.5) is 0 Å². The molecule has 0 fully saturated rings. The van der Waals surface area contributed by atoms with Crippen molar-refractivity contribution >= 4 is 39.1 Å². The number of amides is 1. The first-order valence-corrected chi connectivity index (χ1v) is 8.73. The fourth-order valence-corrected chi connectivity index (χ4v) is 4.45. The van der Waals surface area contributed by atoms with Crippen molar-refractivity contribution in [3.63, 3.8) is 0 Å². The van der Waals surface area contributed by atoms with Crippen molar-refractivity contribution in [3.8, 4) is 0 Å². The number of rotatable bonds is 6. The number of nitrogen functional groups attached to an aromatic ring is 1. The molecule has 0 aliphatic heterocycles. The summed E-state index contributed by atoms with van der Waals surface area (Å²) < 4.78 is 1.14. The molecule has 0 radical (unpaired) electrons. The van der Waals surface area contributed by atoms with Gasteiger partial charge in [0.1, 0.15) is 0 Å². The molecule has 0 aliphatic carbocycles. The van der Waals surface area contributed by atoms with Crippen molar-refractivity contribution in [2.75, 3.05) is 5.75 Å². The number of hydrogen-bond acceptors (Lipinski definition) is 4. The molecule has 0 saturated heterocycles. The Morgan fingerprint density at radius 3 is 2.90 bits per heavy atom. The molecule has 2 aromatic rings. The van der Waals surface area contributed by atoms with Crippen LogP contribution in [-0.2, 0) is 5.75 Å². The van der Waals surface area contributed by atoms with E-state index in [0.29, 0.717) is 5.92 Å². The Hall–Kier alpha value is -1.04. The Bertz CT molecular complexity index is 595. The molecule has 1 aromatic heterocycles. The maximum Gasteiger partial charge on any atom is 0.275 e. The van der Waals surface area contributed by atoms with Gasteiger partial charge in [-0.3, -0.25) is 10.2 Å². The van der Waals surface area contributed by atoms with Gasteiger partial charge < -0.3 is 0 Å². The quantitative estimate of drug-likeness (QED) is 0.485. The molecular weight excluding hydrogens is 288 g/mol. The highest BCUT2D eigenvalue weighted by Crippen LogP contribution is 2.34. The second-order valence-corrected chi connectivity index (χ2v) is 6.99. The van der Waals surface area contributed by atoms with Gasteiger partial charge in [-0.25, -0.2) is 5.84 Å². The summed E-state index contributed by atoms with van der Waals surface area (Å²) in [6, 6.07) is 8.15. The number of thiophene rings is 1. The monoisotopic (exact) mass is 308 g/mol. The molecule has 2 rings (SSSR count). The third-order valence-corrected chi connectivity index (χ3v) is 5.89. The zero-order valence-corrected chi connectivity index (χ0v) is 13.4. The molecule has 0 aliphatic rings. The number of benzene rings is 1. The van der Waals surface area contributed by atoms with E-state index in [9.17, 15) is 4.79 Å². The Balaban J connectivity index is 2.26. The molecule has 3 N–H and O–H groups in total. The van der Waals surface area contributed by atoms with E-state index in [1.807, 2.05) is 23.9 Å². The smallest absolute Gasteiger partial charge is 0.275 e. The molecule has 0 saturated carbocycles. The lowest BCUT2D eigenvalue weighted by Crippen LogP contribution is -2.29. The highest BCUT2D eigenvalue weighted by atomic mass is 32.2. The summed E-state index contributed by atoms with van der Waals surface area (Å²) in [5.41, 5.74) is 3.37. The molecular formula is C15H20N2OS2. The summed E-state index contributed by atoms with van der Waals surface area (Å²) >= 11 is 3.40. The van der Waals surface area contributed by atoms with Gasteiger partial charge in [0.05, 0.1) is 4.88 Å². The van der Waals surface area contributed by atoms with E-state index in [1.54, 1.807) is 0 Å². The van der Waals surface area contributed by atoms with E-state index >= 15 is 0 Å². The first-order chi connectivity index (χ1) is 9.67. The minimum Gasteiger partial charge on any atom is -0.289 e. The molecule has 1 atom stereocenters. The van der Waals surface area contributed by atoms with E-state index < -0.39 is 0 Å². The molecule has 1 aromatic carbocycles. The van der Waals surface area contributed by atoms with Gasteiger partial charge in [0, 0.05) is 10.5 Å². The third kappa shape index (κ3) is 3.34. The second-order valence-electron chi connectivity index (χ2n) is 4.91. The normalized spacial score (nSPS) is 12.6. The lowest BCUT2D eigenvalue weighted by atomic mass is 10.1. The highest BCUT2D eigenvalue weighted by Gasteiger charge is 2.17. The van der Waals surface area contributed by atoms with Crippen LogP contribution in [0, 0.1) is 5.92 Å². The van der Waals surface area contributed by atoms with Crippen LogP contribution in [-0.4, -0.2) is 11.7 Å². The van der Waals surface area contributed by atoms with Gasteiger partial charge in [0.15, 0.2) is 0 Å². The summed E-state index contributed by atoms with van der Waals surface area (Å²) in [5, 5.41) is 1.17. The van der Waals surface area contributed by atoms with Gasteiger partial charge in [-0.1, -0.05) is 38.5 Å². The number of hydrazine groups is 1. The van der Waals surface area contributed by atoms with E-state index in [-0.39, 0.29) is 5.91 Å². The van der Waals surface area contributed by atoms with E-state index in [2.05, 4.69) is 31.4 Å². The zero-order valence-electron chi connectivity index (χ0n) is 11.8. The van der Waals surface area contributed by atoms with Gasteiger partial charge in [-0.2, -0.15) is 11.8 Å². The van der Waals surface area contributed by atoms with Gasteiger partial charge in [-0.05, 0) is 28.7 Å². The molecule has 20 heavy (non-hydrogen) atoms. The predicted molar refractivity (Wildman–Crippen MR) is 89.1 cm³/mol. The summed E-state index contributed by atoms with van der Waals surface area (Å²) in [4.78, 5) is 12.7. The third-order valence-electron chi connectivity index (χ3n) is 3.38. The SMILES string of the molecule is CCC(C)CSCc1c(C(=O)NN)sc2ccccc12. The maximum atomic E-state index is 11.9. The van der Waals surface area contributed by atoms with Crippen LogP contribution < -0.4 is 11.3 Å². The summed E-state index contributed by atoms with van der Waals surface area (Å²) in [7, 11) is 0. The number of fused-ring (bicyclic) bond motifs is 1. The molecule has 1 unspecified atom stereocenters. The Morgan fingerprint density at radius 1 is 1.45 bits per heavy atom. The minimum absolute atomic E-state index is 0.190. The van der Waals surface area contributed by atoms with Crippen molar-refractivity contribution < 1.29 is 4.79 Å². The van der Waals surface area contributed by atoms with Gasteiger partial charge in [-0.15, -0.1) is 11.3 Å². The van der Waals surface area contributed by atoms with Gasteiger partial charge in [0.2, 0.25) is 0 Å².